The van der Waals surface area contributed by atoms with E-state index >= 15 is 0 Å². The van der Waals surface area contributed by atoms with Gasteiger partial charge in [0.15, 0.2) is 4.77 Å². The SMILES string of the molecule is CC(C)NC(=O)Cn1c(=S)[nH]c2cc(F)c(Br)cc21. The number of hydrogen-bond acceptors (Lipinski definition) is 2. The molecule has 0 saturated carbocycles. The zero-order valence-electron chi connectivity index (χ0n) is 10.5. The summed E-state index contributed by atoms with van der Waals surface area (Å²) >= 11 is 8.29. The number of carbonyl (C=O) groups is 1. The topological polar surface area (TPSA) is 49.8 Å². The molecule has 2 aromatic rings. The maximum Gasteiger partial charge on any atom is 0.240 e. The van der Waals surface area contributed by atoms with Crippen LogP contribution in [0.2, 0.25) is 0 Å². The van der Waals surface area contributed by atoms with E-state index in [-0.39, 0.29) is 24.3 Å². The van der Waals surface area contributed by atoms with Crippen LogP contribution in [0.5, 0.6) is 0 Å². The monoisotopic (exact) mass is 345 g/mol. The second kappa shape index (κ2) is 5.42. The zero-order chi connectivity index (χ0) is 14.2. The lowest BCUT2D eigenvalue weighted by molar-refractivity contribution is -0.122. The molecule has 19 heavy (non-hydrogen) atoms. The van der Waals surface area contributed by atoms with E-state index in [0.29, 0.717) is 20.3 Å². The Morgan fingerprint density at radius 1 is 1.58 bits per heavy atom. The molecule has 1 heterocycles. The molecule has 1 aromatic carbocycles. The second-order valence-corrected chi connectivity index (χ2v) is 5.76. The second-order valence-electron chi connectivity index (χ2n) is 4.52. The van der Waals surface area contributed by atoms with Gasteiger partial charge in [0.2, 0.25) is 5.91 Å². The van der Waals surface area contributed by atoms with Crippen LogP contribution in [0.1, 0.15) is 13.8 Å². The highest BCUT2D eigenvalue weighted by Crippen LogP contribution is 2.23. The van der Waals surface area contributed by atoms with E-state index in [4.69, 9.17) is 12.2 Å². The highest BCUT2D eigenvalue weighted by Gasteiger charge is 2.12. The van der Waals surface area contributed by atoms with Crippen molar-refractivity contribution in [1.29, 1.82) is 0 Å². The van der Waals surface area contributed by atoms with Gasteiger partial charge in [-0.1, -0.05) is 0 Å². The molecule has 0 atom stereocenters. The quantitative estimate of drug-likeness (QED) is 0.839. The number of nitrogens with zero attached hydrogens (tertiary/aromatic N) is 1. The molecule has 0 bridgehead atoms. The van der Waals surface area contributed by atoms with Crippen LogP contribution in [-0.4, -0.2) is 21.5 Å². The molecule has 2 N–H and O–H groups in total. The molecule has 1 amide bonds. The van der Waals surface area contributed by atoms with Crippen LogP contribution in [0, 0.1) is 10.6 Å². The van der Waals surface area contributed by atoms with Gasteiger partial charge in [-0.2, -0.15) is 0 Å². The van der Waals surface area contributed by atoms with E-state index in [1.807, 2.05) is 13.8 Å². The summed E-state index contributed by atoms with van der Waals surface area (Å²) in [5, 5.41) is 2.79. The van der Waals surface area contributed by atoms with Crippen LogP contribution in [-0.2, 0) is 11.3 Å². The summed E-state index contributed by atoms with van der Waals surface area (Å²) in [5.74, 6) is -0.505. The Morgan fingerprint density at radius 2 is 2.26 bits per heavy atom. The first-order chi connectivity index (χ1) is 8.88. The first-order valence-corrected chi connectivity index (χ1v) is 6.95. The normalized spacial score (nSPS) is 11.2. The number of amides is 1. The molecular formula is C12H13BrFN3OS. The summed E-state index contributed by atoms with van der Waals surface area (Å²) in [4.78, 5) is 14.7. The standard InChI is InChI=1S/C12H13BrFN3OS/c1-6(2)15-11(18)5-17-10-3-7(13)8(14)4-9(10)16-12(17)19/h3-4,6H,5H2,1-2H3,(H,15,18)(H,16,19). The summed E-state index contributed by atoms with van der Waals surface area (Å²) < 4.78 is 15.8. The highest BCUT2D eigenvalue weighted by molar-refractivity contribution is 9.10. The third kappa shape index (κ3) is 3.03. The van der Waals surface area contributed by atoms with Gasteiger partial charge in [0.1, 0.15) is 12.4 Å². The Bertz CT molecular complexity index is 692. The Balaban J connectivity index is 2.43. The van der Waals surface area contributed by atoms with Crippen molar-refractivity contribution < 1.29 is 9.18 Å². The van der Waals surface area contributed by atoms with Crippen molar-refractivity contribution in [3.8, 4) is 0 Å². The number of hydrogen-bond donors (Lipinski definition) is 2. The van der Waals surface area contributed by atoms with E-state index in [9.17, 15) is 9.18 Å². The van der Waals surface area contributed by atoms with Crippen molar-refractivity contribution in [3.05, 3.63) is 27.2 Å². The van der Waals surface area contributed by atoms with Crippen LogP contribution >= 0.6 is 28.1 Å². The largest absolute Gasteiger partial charge is 0.352 e. The number of aromatic amines is 1. The molecule has 0 saturated heterocycles. The summed E-state index contributed by atoms with van der Waals surface area (Å²) in [7, 11) is 0. The maximum absolute atomic E-state index is 13.4. The lowest BCUT2D eigenvalue weighted by Gasteiger charge is -2.09. The lowest BCUT2D eigenvalue weighted by Crippen LogP contribution is -2.33. The van der Waals surface area contributed by atoms with E-state index in [1.54, 1.807) is 10.6 Å². The molecule has 0 aliphatic carbocycles. The van der Waals surface area contributed by atoms with Gasteiger partial charge in [-0.3, -0.25) is 4.79 Å². The molecule has 0 aliphatic heterocycles. The number of benzene rings is 1. The molecule has 4 nitrogen and oxygen atoms in total. The minimum absolute atomic E-state index is 0.0658. The van der Waals surface area contributed by atoms with Gasteiger partial charge >= 0.3 is 0 Å². The van der Waals surface area contributed by atoms with Crippen LogP contribution < -0.4 is 5.32 Å². The molecule has 7 heteroatoms. The smallest absolute Gasteiger partial charge is 0.240 e. The molecule has 1 aromatic heterocycles. The van der Waals surface area contributed by atoms with Crippen molar-refractivity contribution in [2.45, 2.75) is 26.4 Å². The number of imidazole rings is 1. The van der Waals surface area contributed by atoms with E-state index in [0.717, 1.165) is 0 Å². The van der Waals surface area contributed by atoms with E-state index in [1.165, 1.54) is 6.07 Å². The number of carbonyl (C=O) groups excluding carboxylic acids is 1. The van der Waals surface area contributed by atoms with Gasteiger partial charge in [0.25, 0.3) is 0 Å². The molecule has 0 fully saturated rings. The average Bonchev–Trinajstić information content (AvgIpc) is 2.56. The van der Waals surface area contributed by atoms with Crippen molar-refractivity contribution in [1.82, 2.24) is 14.9 Å². The molecule has 0 radical (unpaired) electrons. The Morgan fingerprint density at radius 3 is 2.89 bits per heavy atom. The molecular weight excluding hydrogens is 333 g/mol. The number of H-pyrrole nitrogens is 1. The summed E-state index contributed by atoms with van der Waals surface area (Å²) in [6.45, 7) is 3.88. The number of rotatable bonds is 3. The van der Waals surface area contributed by atoms with Crippen molar-refractivity contribution >= 4 is 45.1 Å². The van der Waals surface area contributed by atoms with Crippen LogP contribution in [0.25, 0.3) is 11.0 Å². The minimum Gasteiger partial charge on any atom is -0.352 e. The Hall–Kier alpha value is -1.21. The molecule has 0 unspecified atom stereocenters. The fourth-order valence-electron chi connectivity index (χ4n) is 1.82. The fraction of sp³-hybridized carbons (Fsp3) is 0.333. The number of aromatic nitrogens is 2. The third-order valence-electron chi connectivity index (χ3n) is 2.57. The summed E-state index contributed by atoms with van der Waals surface area (Å²) in [6.07, 6.45) is 0. The number of halogens is 2. The van der Waals surface area contributed by atoms with Gasteiger partial charge < -0.3 is 14.9 Å². The van der Waals surface area contributed by atoms with Crippen molar-refractivity contribution in [2.75, 3.05) is 0 Å². The molecule has 102 valence electrons. The van der Waals surface area contributed by atoms with Crippen LogP contribution in [0.3, 0.4) is 0 Å². The van der Waals surface area contributed by atoms with Gasteiger partial charge in [-0.15, -0.1) is 0 Å². The predicted octanol–water partition coefficient (Wildman–Crippen LogP) is 3.13. The average molecular weight is 346 g/mol. The summed E-state index contributed by atoms with van der Waals surface area (Å²) in [6, 6.07) is 3.03. The molecule has 2 rings (SSSR count). The zero-order valence-corrected chi connectivity index (χ0v) is 12.9. The third-order valence-corrected chi connectivity index (χ3v) is 3.50. The number of nitrogens with one attached hydrogen (secondary N) is 2. The van der Waals surface area contributed by atoms with Crippen molar-refractivity contribution in [3.63, 3.8) is 0 Å². The summed E-state index contributed by atoms with van der Waals surface area (Å²) in [5.41, 5.74) is 1.26. The Labute approximate surface area is 123 Å². The lowest BCUT2D eigenvalue weighted by atomic mass is 10.3. The van der Waals surface area contributed by atoms with Gasteiger partial charge in [0.05, 0.1) is 15.5 Å². The molecule has 0 aliphatic rings. The highest BCUT2D eigenvalue weighted by atomic mass is 79.9. The van der Waals surface area contributed by atoms with Crippen LogP contribution in [0.4, 0.5) is 4.39 Å². The van der Waals surface area contributed by atoms with Gasteiger partial charge in [-0.25, -0.2) is 4.39 Å². The predicted molar refractivity (Wildman–Crippen MR) is 78.1 cm³/mol. The number of fused-ring (bicyclic) bond motifs is 1. The fourth-order valence-corrected chi connectivity index (χ4v) is 2.42. The van der Waals surface area contributed by atoms with Crippen molar-refractivity contribution in [2.24, 2.45) is 0 Å². The minimum atomic E-state index is -0.373. The van der Waals surface area contributed by atoms with Crippen LogP contribution in [0.15, 0.2) is 16.6 Å². The van der Waals surface area contributed by atoms with E-state index in [2.05, 4.69) is 26.2 Å². The first-order valence-electron chi connectivity index (χ1n) is 5.75. The van der Waals surface area contributed by atoms with Gasteiger partial charge in [-0.05, 0) is 48.1 Å². The maximum atomic E-state index is 13.4. The first kappa shape index (κ1) is 14.2. The molecule has 0 spiro atoms. The Kier molecular flexibility index (Phi) is 4.05. The van der Waals surface area contributed by atoms with Gasteiger partial charge in [0, 0.05) is 12.1 Å². The van der Waals surface area contributed by atoms with E-state index < -0.39 is 0 Å².